The van der Waals surface area contributed by atoms with E-state index in [1.165, 1.54) is 44.2 Å². The first kappa shape index (κ1) is 22.6. The molecule has 1 saturated carbocycles. The third kappa shape index (κ3) is 6.67. The minimum atomic E-state index is -0.527. The van der Waals surface area contributed by atoms with Crippen molar-refractivity contribution in [3.8, 4) is 0 Å². The second-order valence-electron chi connectivity index (χ2n) is 9.49. The maximum absolute atomic E-state index is 10.3. The SMILES string of the molecule is CCNC(=NCC(O)COCC1CC1)N1CCC2C(CCCN2Cc2ccccc2)C1. The molecule has 2 heterocycles. The van der Waals surface area contributed by atoms with E-state index in [1.54, 1.807) is 0 Å². The fraction of sp³-hybridized carbons (Fsp3) is 0.720. The Morgan fingerprint density at radius 1 is 1.19 bits per heavy atom. The summed E-state index contributed by atoms with van der Waals surface area (Å²) in [5, 5.41) is 13.7. The number of aliphatic hydroxyl groups excluding tert-OH is 1. The highest BCUT2D eigenvalue weighted by Crippen LogP contribution is 2.32. The summed E-state index contributed by atoms with van der Waals surface area (Å²) in [5.41, 5.74) is 1.42. The number of nitrogens with one attached hydrogen (secondary N) is 1. The van der Waals surface area contributed by atoms with Crippen molar-refractivity contribution in [2.75, 3.05) is 45.9 Å². The van der Waals surface area contributed by atoms with Crippen LogP contribution in [0.5, 0.6) is 0 Å². The molecule has 0 amide bonds. The number of nitrogens with zero attached hydrogens (tertiary/aromatic N) is 3. The molecule has 31 heavy (non-hydrogen) atoms. The Labute approximate surface area is 187 Å². The monoisotopic (exact) mass is 428 g/mol. The molecule has 3 fully saturated rings. The Kier molecular flexibility index (Phi) is 8.22. The smallest absolute Gasteiger partial charge is 0.194 e. The van der Waals surface area contributed by atoms with Crippen molar-refractivity contribution in [3.63, 3.8) is 0 Å². The zero-order valence-electron chi connectivity index (χ0n) is 19.1. The van der Waals surface area contributed by atoms with Gasteiger partial charge in [-0.05, 0) is 63.0 Å². The number of rotatable bonds is 9. The molecule has 2 N–H and O–H groups in total. The van der Waals surface area contributed by atoms with Crippen LogP contribution in [0.3, 0.4) is 0 Å². The lowest BCUT2D eigenvalue weighted by Gasteiger charge is -2.48. The molecule has 0 aromatic heterocycles. The second kappa shape index (κ2) is 11.3. The van der Waals surface area contributed by atoms with Gasteiger partial charge in [0.25, 0.3) is 0 Å². The van der Waals surface area contributed by atoms with E-state index in [-0.39, 0.29) is 0 Å². The number of aliphatic hydroxyl groups is 1. The highest BCUT2D eigenvalue weighted by atomic mass is 16.5. The number of ether oxygens (including phenoxy) is 1. The molecule has 1 aliphatic carbocycles. The van der Waals surface area contributed by atoms with Crippen LogP contribution < -0.4 is 5.32 Å². The van der Waals surface area contributed by atoms with Crippen LogP contribution in [-0.4, -0.2) is 78.9 Å². The van der Waals surface area contributed by atoms with Gasteiger partial charge in [-0.15, -0.1) is 0 Å². The fourth-order valence-corrected chi connectivity index (χ4v) is 5.04. The third-order valence-corrected chi connectivity index (χ3v) is 6.86. The van der Waals surface area contributed by atoms with Crippen molar-refractivity contribution in [2.24, 2.45) is 16.8 Å². The molecule has 0 bridgehead atoms. The van der Waals surface area contributed by atoms with Gasteiger partial charge in [-0.1, -0.05) is 30.3 Å². The predicted octanol–water partition coefficient (Wildman–Crippen LogP) is 2.73. The van der Waals surface area contributed by atoms with Gasteiger partial charge in [0.05, 0.1) is 19.3 Å². The molecule has 1 aromatic rings. The summed E-state index contributed by atoms with van der Waals surface area (Å²) in [4.78, 5) is 9.87. The number of hydrogen-bond acceptors (Lipinski definition) is 4. The Morgan fingerprint density at radius 3 is 2.81 bits per heavy atom. The standard InChI is InChI=1S/C25H40N4O2/c1-2-26-25(27-15-23(30)19-31-18-21-10-11-21)29-14-12-24-22(17-29)9-6-13-28(24)16-20-7-4-3-5-8-20/h3-5,7-8,21-24,30H,2,6,9-19H2,1H3,(H,26,27). The van der Waals surface area contributed by atoms with Crippen LogP contribution in [0.25, 0.3) is 0 Å². The second-order valence-corrected chi connectivity index (χ2v) is 9.49. The van der Waals surface area contributed by atoms with E-state index in [9.17, 15) is 5.11 Å². The van der Waals surface area contributed by atoms with Crippen molar-refractivity contribution in [1.29, 1.82) is 0 Å². The number of piperidine rings is 2. The summed E-state index contributed by atoms with van der Waals surface area (Å²) in [6.07, 6.45) is 5.77. The lowest BCUT2D eigenvalue weighted by atomic mass is 9.83. The van der Waals surface area contributed by atoms with Gasteiger partial charge < -0.3 is 20.1 Å². The van der Waals surface area contributed by atoms with Gasteiger partial charge in [0.2, 0.25) is 0 Å². The number of hydrogen-bond donors (Lipinski definition) is 2. The molecule has 6 heteroatoms. The summed E-state index contributed by atoms with van der Waals surface area (Å²) in [7, 11) is 0. The highest BCUT2D eigenvalue weighted by molar-refractivity contribution is 5.80. The van der Waals surface area contributed by atoms with Crippen molar-refractivity contribution in [3.05, 3.63) is 35.9 Å². The molecule has 1 aromatic carbocycles. The van der Waals surface area contributed by atoms with Crippen LogP contribution in [0.15, 0.2) is 35.3 Å². The molecule has 172 valence electrons. The number of fused-ring (bicyclic) bond motifs is 1. The van der Waals surface area contributed by atoms with Gasteiger partial charge in [-0.3, -0.25) is 9.89 Å². The van der Waals surface area contributed by atoms with E-state index in [2.05, 4.69) is 52.4 Å². The van der Waals surface area contributed by atoms with E-state index in [4.69, 9.17) is 9.73 Å². The lowest BCUT2D eigenvalue weighted by Crippen LogP contribution is -2.56. The van der Waals surface area contributed by atoms with Gasteiger partial charge in [0.15, 0.2) is 5.96 Å². The highest BCUT2D eigenvalue weighted by Gasteiger charge is 2.36. The predicted molar refractivity (Wildman–Crippen MR) is 125 cm³/mol. The van der Waals surface area contributed by atoms with E-state index < -0.39 is 6.10 Å². The summed E-state index contributed by atoms with van der Waals surface area (Å²) < 4.78 is 5.63. The van der Waals surface area contributed by atoms with Crippen LogP contribution in [0.4, 0.5) is 0 Å². The zero-order valence-corrected chi connectivity index (χ0v) is 19.1. The van der Waals surface area contributed by atoms with Crippen LogP contribution in [0.2, 0.25) is 0 Å². The Balaban J connectivity index is 1.30. The summed E-state index contributed by atoms with van der Waals surface area (Å²) >= 11 is 0. The lowest BCUT2D eigenvalue weighted by molar-refractivity contribution is 0.0339. The maximum atomic E-state index is 10.3. The van der Waals surface area contributed by atoms with Crippen LogP contribution in [-0.2, 0) is 11.3 Å². The van der Waals surface area contributed by atoms with Crippen molar-refractivity contribution in [1.82, 2.24) is 15.1 Å². The molecule has 0 spiro atoms. The first-order valence-electron chi connectivity index (χ1n) is 12.3. The van der Waals surface area contributed by atoms with E-state index in [0.717, 1.165) is 44.7 Å². The minimum Gasteiger partial charge on any atom is -0.389 e. The number of aliphatic imine (C=N–C) groups is 1. The van der Waals surface area contributed by atoms with Gasteiger partial charge in [0, 0.05) is 38.8 Å². The normalized spacial score (nSPS) is 25.9. The number of likely N-dealkylation sites (tertiary alicyclic amines) is 2. The van der Waals surface area contributed by atoms with Crippen molar-refractivity contribution < 1.29 is 9.84 Å². The van der Waals surface area contributed by atoms with Gasteiger partial charge in [-0.2, -0.15) is 0 Å². The minimum absolute atomic E-state index is 0.387. The van der Waals surface area contributed by atoms with Crippen LogP contribution in [0.1, 0.15) is 44.6 Å². The maximum Gasteiger partial charge on any atom is 0.194 e. The van der Waals surface area contributed by atoms with Gasteiger partial charge in [0.1, 0.15) is 0 Å². The average molecular weight is 429 g/mol. The topological polar surface area (TPSA) is 60.3 Å². The molecule has 3 unspecified atom stereocenters. The zero-order chi connectivity index (χ0) is 21.5. The fourth-order valence-electron chi connectivity index (χ4n) is 5.04. The Hall–Kier alpha value is -1.63. The molecule has 2 saturated heterocycles. The van der Waals surface area contributed by atoms with Crippen molar-refractivity contribution >= 4 is 5.96 Å². The van der Waals surface area contributed by atoms with Crippen molar-refractivity contribution in [2.45, 2.75) is 57.7 Å². The van der Waals surface area contributed by atoms with Gasteiger partial charge >= 0.3 is 0 Å². The van der Waals surface area contributed by atoms with E-state index >= 15 is 0 Å². The molecule has 0 radical (unpaired) electrons. The van der Waals surface area contributed by atoms with Crippen LogP contribution in [0, 0.1) is 11.8 Å². The Bertz CT molecular complexity index is 694. The third-order valence-electron chi connectivity index (χ3n) is 6.86. The van der Waals surface area contributed by atoms with E-state index in [0.29, 0.717) is 25.1 Å². The summed E-state index contributed by atoms with van der Waals surface area (Å²) in [6, 6.07) is 11.5. The molecule has 4 rings (SSSR count). The molecule has 3 atom stereocenters. The average Bonchev–Trinajstić information content (AvgIpc) is 3.62. The van der Waals surface area contributed by atoms with E-state index in [1.807, 2.05) is 0 Å². The van der Waals surface area contributed by atoms with Gasteiger partial charge in [-0.25, -0.2) is 0 Å². The largest absolute Gasteiger partial charge is 0.389 e. The first-order valence-corrected chi connectivity index (χ1v) is 12.3. The quantitative estimate of drug-likeness (QED) is 0.468. The molecule has 6 nitrogen and oxygen atoms in total. The molecule has 3 aliphatic rings. The summed E-state index contributed by atoms with van der Waals surface area (Å²) in [5.74, 6) is 2.36. The molecule has 2 aliphatic heterocycles. The molecular formula is C25H40N4O2. The van der Waals surface area contributed by atoms with Crippen LogP contribution >= 0.6 is 0 Å². The number of guanidine groups is 1. The summed E-state index contributed by atoms with van der Waals surface area (Å²) in [6.45, 7) is 8.87. The first-order chi connectivity index (χ1) is 15.2. The number of benzene rings is 1. The Morgan fingerprint density at radius 2 is 2.03 bits per heavy atom. The molecular weight excluding hydrogens is 388 g/mol.